The molecule has 10 heavy (non-hydrogen) atoms. The SMILES string of the molecule is OCCC#CCC#CCBr. The first kappa shape index (κ1) is 9.56. The Balaban J connectivity index is 3.28. The fourth-order valence-corrected chi connectivity index (χ4v) is 0.559. The molecule has 0 aliphatic carbocycles. The molecule has 0 saturated heterocycles. The normalized spacial score (nSPS) is 7.00. The minimum Gasteiger partial charge on any atom is -0.395 e. The molecule has 0 aromatic heterocycles. The number of halogens is 1. The Morgan fingerprint density at radius 3 is 2.40 bits per heavy atom. The van der Waals surface area contributed by atoms with Crippen LogP contribution >= 0.6 is 15.9 Å². The molecule has 0 radical (unpaired) electrons. The largest absolute Gasteiger partial charge is 0.395 e. The third kappa shape index (κ3) is 7.56. The maximum absolute atomic E-state index is 8.32. The Morgan fingerprint density at radius 2 is 1.80 bits per heavy atom. The lowest BCUT2D eigenvalue weighted by molar-refractivity contribution is 0.305. The van der Waals surface area contributed by atoms with E-state index < -0.39 is 0 Å². The smallest absolute Gasteiger partial charge is 0.0702 e. The van der Waals surface area contributed by atoms with Crippen molar-refractivity contribution in [3.8, 4) is 23.7 Å². The summed E-state index contributed by atoms with van der Waals surface area (Å²) >= 11 is 3.17. The molecular formula is C8H9BrO. The summed E-state index contributed by atoms with van der Waals surface area (Å²) in [6, 6.07) is 0. The first-order valence-corrected chi connectivity index (χ1v) is 4.12. The van der Waals surface area contributed by atoms with Gasteiger partial charge in [-0.25, -0.2) is 0 Å². The van der Waals surface area contributed by atoms with Crippen LogP contribution in [0.1, 0.15) is 12.8 Å². The first-order valence-electron chi connectivity index (χ1n) is 3.00. The van der Waals surface area contributed by atoms with Crippen molar-refractivity contribution in [2.45, 2.75) is 12.8 Å². The zero-order valence-electron chi connectivity index (χ0n) is 5.65. The van der Waals surface area contributed by atoms with E-state index in [1.807, 2.05) is 0 Å². The van der Waals surface area contributed by atoms with Gasteiger partial charge in [0.1, 0.15) is 0 Å². The van der Waals surface area contributed by atoms with Crippen LogP contribution in [-0.2, 0) is 0 Å². The summed E-state index contributed by atoms with van der Waals surface area (Å²) in [6.07, 6.45) is 1.15. The van der Waals surface area contributed by atoms with Crippen LogP contribution in [0.15, 0.2) is 0 Å². The van der Waals surface area contributed by atoms with Gasteiger partial charge in [-0.2, -0.15) is 0 Å². The van der Waals surface area contributed by atoms with Crippen LogP contribution in [-0.4, -0.2) is 17.0 Å². The fourth-order valence-electron chi connectivity index (χ4n) is 0.361. The van der Waals surface area contributed by atoms with Crippen molar-refractivity contribution in [1.29, 1.82) is 0 Å². The second-order valence-corrected chi connectivity index (χ2v) is 2.05. The van der Waals surface area contributed by atoms with Crippen molar-refractivity contribution in [2.24, 2.45) is 0 Å². The molecule has 0 atom stereocenters. The molecule has 0 bridgehead atoms. The summed E-state index contributed by atoms with van der Waals surface area (Å²) in [5, 5.41) is 9.03. The van der Waals surface area contributed by atoms with Crippen molar-refractivity contribution >= 4 is 15.9 Å². The van der Waals surface area contributed by atoms with Gasteiger partial charge < -0.3 is 5.11 Å². The van der Waals surface area contributed by atoms with Gasteiger partial charge in [-0.05, 0) is 0 Å². The first-order chi connectivity index (χ1) is 4.91. The maximum atomic E-state index is 8.32. The highest BCUT2D eigenvalue weighted by Gasteiger charge is 1.69. The van der Waals surface area contributed by atoms with Crippen molar-refractivity contribution in [1.82, 2.24) is 0 Å². The third-order valence-corrected chi connectivity index (χ3v) is 1.01. The van der Waals surface area contributed by atoms with E-state index in [1.165, 1.54) is 0 Å². The standard InChI is InChI=1S/C8H9BrO/c9-7-5-3-1-2-4-6-8-10/h10H,1,6-8H2. The minimum absolute atomic E-state index is 0.138. The van der Waals surface area contributed by atoms with Crippen LogP contribution in [0.4, 0.5) is 0 Å². The predicted molar refractivity (Wildman–Crippen MR) is 45.7 cm³/mol. The predicted octanol–water partition coefficient (Wildman–Crippen LogP) is 1.16. The molecule has 0 heterocycles. The topological polar surface area (TPSA) is 20.2 Å². The average molecular weight is 201 g/mol. The monoisotopic (exact) mass is 200 g/mol. The molecule has 1 N–H and O–H groups in total. The van der Waals surface area contributed by atoms with E-state index in [0.717, 1.165) is 0 Å². The van der Waals surface area contributed by atoms with Gasteiger partial charge in [-0.15, -0.1) is 0 Å². The third-order valence-electron chi connectivity index (χ3n) is 0.730. The zero-order valence-corrected chi connectivity index (χ0v) is 7.24. The van der Waals surface area contributed by atoms with Crippen molar-refractivity contribution < 1.29 is 5.11 Å². The molecule has 0 aromatic carbocycles. The van der Waals surface area contributed by atoms with Gasteiger partial charge in [0.05, 0.1) is 18.4 Å². The molecule has 0 spiro atoms. The van der Waals surface area contributed by atoms with Gasteiger partial charge in [-0.1, -0.05) is 39.6 Å². The van der Waals surface area contributed by atoms with E-state index in [0.29, 0.717) is 18.2 Å². The summed E-state index contributed by atoms with van der Waals surface area (Å²) in [7, 11) is 0. The van der Waals surface area contributed by atoms with Crippen molar-refractivity contribution in [2.75, 3.05) is 11.9 Å². The van der Waals surface area contributed by atoms with Crippen LogP contribution in [0.5, 0.6) is 0 Å². The lowest BCUT2D eigenvalue weighted by Gasteiger charge is -1.75. The van der Waals surface area contributed by atoms with Gasteiger partial charge >= 0.3 is 0 Å². The summed E-state index contributed by atoms with van der Waals surface area (Å²) < 4.78 is 0. The van der Waals surface area contributed by atoms with E-state index >= 15 is 0 Å². The molecule has 0 aromatic rings. The Morgan fingerprint density at radius 1 is 1.10 bits per heavy atom. The number of alkyl halides is 1. The van der Waals surface area contributed by atoms with E-state index in [-0.39, 0.29) is 6.61 Å². The number of aliphatic hydroxyl groups is 1. The summed E-state index contributed by atoms with van der Waals surface area (Å²) in [5.41, 5.74) is 0. The second-order valence-electron chi connectivity index (χ2n) is 1.49. The number of hydrogen-bond donors (Lipinski definition) is 1. The van der Waals surface area contributed by atoms with Crippen LogP contribution in [0.25, 0.3) is 0 Å². The zero-order chi connectivity index (χ0) is 7.66. The Hall–Kier alpha value is -0.440. The molecule has 0 unspecified atom stereocenters. The van der Waals surface area contributed by atoms with Gasteiger partial charge in [0, 0.05) is 6.42 Å². The molecule has 0 fully saturated rings. The molecule has 0 saturated carbocycles. The van der Waals surface area contributed by atoms with Crippen molar-refractivity contribution in [3.05, 3.63) is 0 Å². The highest BCUT2D eigenvalue weighted by atomic mass is 79.9. The molecule has 2 heteroatoms. The molecule has 0 amide bonds. The van der Waals surface area contributed by atoms with Crippen LogP contribution in [0, 0.1) is 23.7 Å². The second kappa shape index (κ2) is 8.56. The van der Waals surface area contributed by atoms with E-state index in [4.69, 9.17) is 5.11 Å². The number of aliphatic hydroxyl groups excluding tert-OH is 1. The van der Waals surface area contributed by atoms with Gasteiger partial charge in [-0.3, -0.25) is 0 Å². The Labute approximate surface area is 70.0 Å². The van der Waals surface area contributed by atoms with Gasteiger partial charge in [0.25, 0.3) is 0 Å². The summed E-state index contributed by atoms with van der Waals surface area (Å²) in [5.74, 6) is 11.3. The Bertz CT molecular complexity index is 177. The van der Waals surface area contributed by atoms with E-state index in [2.05, 4.69) is 39.6 Å². The maximum Gasteiger partial charge on any atom is 0.0702 e. The van der Waals surface area contributed by atoms with E-state index in [9.17, 15) is 0 Å². The summed E-state index contributed by atoms with van der Waals surface area (Å²) in [4.78, 5) is 0. The molecule has 0 rings (SSSR count). The van der Waals surface area contributed by atoms with Gasteiger partial charge in [0.2, 0.25) is 0 Å². The van der Waals surface area contributed by atoms with Gasteiger partial charge in [0.15, 0.2) is 0 Å². The highest BCUT2D eigenvalue weighted by Crippen LogP contribution is 1.77. The molecule has 1 nitrogen and oxygen atoms in total. The summed E-state index contributed by atoms with van der Waals surface area (Å²) in [6.45, 7) is 0.138. The molecule has 0 aliphatic rings. The van der Waals surface area contributed by atoms with Crippen LogP contribution < -0.4 is 0 Å². The molecule has 54 valence electrons. The lowest BCUT2D eigenvalue weighted by Crippen LogP contribution is -1.75. The molecular weight excluding hydrogens is 192 g/mol. The highest BCUT2D eigenvalue weighted by molar-refractivity contribution is 9.09. The van der Waals surface area contributed by atoms with Crippen LogP contribution in [0.3, 0.4) is 0 Å². The lowest BCUT2D eigenvalue weighted by atomic mass is 10.4. The minimum atomic E-state index is 0.138. The fraction of sp³-hybridized carbons (Fsp3) is 0.500. The average Bonchev–Trinajstić information content (AvgIpc) is 1.97. The Kier molecular flexibility index (Phi) is 8.18. The van der Waals surface area contributed by atoms with E-state index in [1.54, 1.807) is 0 Å². The quantitative estimate of drug-likeness (QED) is 0.498. The number of rotatable bonds is 1. The van der Waals surface area contributed by atoms with Crippen molar-refractivity contribution in [3.63, 3.8) is 0 Å². The molecule has 0 aliphatic heterocycles. The number of hydrogen-bond acceptors (Lipinski definition) is 1. The van der Waals surface area contributed by atoms with Crippen LogP contribution in [0.2, 0.25) is 0 Å².